The van der Waals surface area contributed by atoms with Crippen LogP contribution in [0.4, 0.5) is 0 Å². The summed E-state index contributed by atoms with van der Waals surface area (Å²) < 4.78 is 0. The number of H-pyrrole nitrogens is 1. The number of nitrogens with one attached hydrogen (secondary N) is 1. The van der Waals surface area contributed by atoms with E-state index in [0.29, 0.717) is 30.4 Å². The Labute approximate surface area is 279 Å². The van der Waals surface area contributed by atoms with E-state index >= 15 is 0 Å². The number of aliphatic imine (C=N–C) groups is 1. The van der Waals surface area contributed by atoms with Gasteiger partial charge in [0.05, 0.1) is 11.1 Å². The number of nitrogens with two attached hydrogens (primary N) is 1. The van der Waals surface area contributed by atoms with E-state index < -0.39 is 5.41 Å². The lowest BCUT2D eigenvalue weighted by molar-refractivity contribution is -0.144. The number of fused-ring (bicyclic) bond motifs is 4. The molecule has 1 saturated carbocycles. The molecule has 2 aromatic carbocycles. The van der Waals surface area contributed by atoms with E-state index in [0.717, 1.165) is 61.1 Å². The van der Waals surface area contributed by atoms with Crippen molar-refractivity contribution >= 4 is 22.8 Å². The summed E-state index contributed by atoms with van der Waals surface area (Å²) in [5.41, 5.74) is 15.5. The fourth-order valence-corrected chi connectivity index (χ4v) is 8.56. The Bertz CT molecular complexity index is 1780. The average Bonchev–Trinajstić information content (AvgIpc) is 3.73. The minimum atomic E-state index is -0.618. The van der Waals surface area contributed by atoms with Crippen LogP contribution in [0.1, 0.15) is 92.5 Å². The number of aromatic amines is 1. The van der Waals surface area contributed by atoms with Crippen molar-refractivity contribution in [2.45, 2.75) is 90.0 Å². The lowest BCUT2D eigenvalue weighted by atomic mass is 9.76. The van der Waals surface area contributed by atoms with E-state index in [1.807, 2.05) is 12.4 Å². The molecule has 47 heavy (non-hydrogen) atoms. The number of hydrogen-bond acceptors (Lipinski definition) is 3. The molecule has 7 heteroatoms. The predicted octanol–water partition coefficient (Wildman–Crippen LogP) is 7.43. The molecule has 1 amide bonds. The molecule has 3 saturated heterocycles. The summed E-state index contributed by atoms with van der Waals surface area (Å²) in [5.74, 6) is 2.08. The second-order valence-electron chi connectivity index (χ2n) is 15.1. The van der Waals surface area contributed by atoms with Gasteiger partial charge in [0.25, 0.3) is 0 Å². The maximum atomic E-state index is 14.2. The first kappa shape index (κ1) is 31.5. The van der Waals surface area contributed by atoms with Crippen LogP contribution in [-0.2, 0) is 10.2 Å². The smallest absolute Gasteiger partial charge is 0.232 e. The van der Waals surface area contributed by atoms with Crippen molar-refractivity contribution in [1.82, 2.24) is 19.8 Å². The zero-order valence-electron chi connectivity index (χ0n) is 28.7. The van der Waals surface area contributed by atoms with Crippen LogP contribution >= 0.6 is 0 Å². The highest BCUT2D eigenvalue weighted by Gasteiger charge is 2.42. The van der Waals surface area contributed by atoms with Crippen LogP contribution in [0.2, 0.25) is 0 Å². The lowest BCUT2D eigenvalue weighted by Crippen LogP contribution is -2.55. The van der Waals surface area contributed by atoms with Crippen molar-refractivity contribution in [1.29, 1.82) is 0 Å². The number of hydrogen-bond donors (Lipinski definition) is 2. The van der Waals surface area contributed by atoms with Gasteiger partial charge in [-0.25, -0.2) is 0 Å². The third-order valence-corrected chi connectivity index (χ3v) is 11.3. The molecular formula is C40H50N6O. The Kier molecular flexibility index (Phi) is 8.35. The molecule has 0 radical (unpaired) electrons. The van der Waals surface area contributed by atoms with Crippen molar-refractivity contribution in [2.24, 2.45) is 16.6 Å². The van der Waals surface area contributed by atoms with Crippen molar-refractivity contribution in [3.63, 3.8) is 0 Å². The number of pyridine rings is 1. The van der Waals surface area contributed by atoms with Gasteiger partial charge in [0.2, 0.25) is 5.91 Å². The van der Waals surface area contributed by atoms with Gasteiger partial charge in [0.15, 0.2) is 5.96 Å². The fraction of sp³-hybridized carbons (Fsp3) is 0.475. The number of carbonyl (C=O) groups is 1. The van der Waals surface area contributed by atoms with Crippen molar-refractivity contribution in [3.8, 4) is 11.3 Å². The minimum absolute atomic E-state index is 0.101. The average molecular weight is 631 g/mol. The van der Waals surface area contributed by atoms with E-state index in [4.69, 9.17) is 10.7 Å². The predicted molar refractivity (Wildman–Crippen MR) is 192 cm³/mol. The molecule has 4 aliphatic rings. The number of carbonyl (C=O) groups excluding carboxylic acids is 1. The molecular weight excluding hydrogens is 580 g/mol. The Balaban J connectivity index is 1.21. The highest BCUT2D eigenvalue weighted by atomic mass is 16.2. The number of aromatic nitrogens is 2. The van der Waals surface area contributed by atoms with Gasteiger partial charge in [-0.15, -0.1) is 0 Å². The second-order valence-corrected chi connectivity index (χ2v) is 15.1. The van der Waals surface area contributed by atoms with E-state index in [-0.39, 0.29) is 11.8 Å². The highest BCUT2D eigenvalue weighted by molar-refractivity contribution is 5.95. The molecule has 1 aliphatic carbocycles. The SMILES string of the molecule is Cc1cc(C)cc(-c2[nH]c3ccc(C(C)(C)C(=O)N4CC5CCC4CC5)cc3c2[C@H](C)CN=C(N)N2CCC(c3ccncc3)C2)c1. The topological polar surface area (TPSA) is 90.6 Å². The van der Waals surface area contributed by atoms with Crippen LogP contribution in [0.3, 0.4) is 0 Å². The summed E-state index contributed by atoms with van der Waals surface area (Å²) in [4.78, 5) is 31.5. The number of benzene rings is 2. The van der Waals surface area contributed by atoms with Crippen molar-refractivity contribution in [3.05, 3.63) is 88.7 Å². The molecule has 4 fully saturated rings. The normalized spacial score (nSPS) is 22.3. The Morgan fingerprint density at radius 1 is 1.00 bits per heavy atom. The third-order valence-electron chi connectivity index (χ3n) is 11.3. The monoisotopic (exact) mass is 630 g/mol. The third kappa shape index (κ3) is 6.05. The molecule has 2 atom stereocenters. The molecule has 1 unspecified atom stereocenters. The first-order valence-corrected chi connectivity index (χ1v) is 17.6. The first-order chi connectivity index (χ1) is 22.6. The molecule has 8 rings (SSSR count). The second kappa shape index (κ2) is 12.5. The largest absolute Gasteiger partial charge is 0.370 e. The summed E-state index contributed by atoms with van der Waals surface area (Å²) >= 11 is 0. The first-order valence-electron chi connectivity index (χ1n) is 17.6. The molecule has 0 spiro atoms. The number of rotatable bonds is 7. The molecule has 2 aromatic heterocycles. The summed E-state index contributed by atoms with van der Waals surface area (Å²) in [5, 5.41) is 1.16. The van der Waals surface area contributed by atoms with Gasteiger partial charge in [-0.05, 0) is 124 Å². The van der Waals surface area contributed by atoms with Crippen LogP contribution in [0.25, 0.3) is 22.2 Å². The van der Waals surface area contributed by atoms with Gasteiger partial charge in [0, 0.05) is 67.4 Å². The van der Waals surface area contributed by atoms with Crippen LogP contribution in [0, 0.1) is 19.8 Å². The number of likely N-dealkylation sites (tertiary alicyclic amines) is 1. The van der Waals surface area contributed by atoms with Crippen LogP contribution in [0.5, 0.6) is 0 Å². The van der Waals surface area contributed by atoms with E-state index in [9.17, 15) is 4.79 Å². The van der Waals surface area contributed by atoms with Crippen LogP contribution in [-0.4, -0.2) is 63.9 Å². The lowest BCUT2D eigenvalue weighted by Gasteiger charge is -2.47. The quantitative estimate of drug-likeness (QED) is 0.164. The van der Waals surface area contributed by atoms with Gasteiger partial charge < -0.3 is 20.5 Å². The van der Waals surface area contributed by atoms with E-state index in [1.54, 1.807) is 0 Å². The fourth-order valence-electron chi connectivity index (χ4n) is 8.56. The number of aryl methyl sites for hydroxylation is 2. The summed E-state index contributed by atoms with van der Waals surface area (Å²) in [7, 11) is 0. The zero-order chi connectivity index (χ0) is 32.9. The van der Waals surface area contributed by atoms with Gasteiger partial charge in [0.1, 0.15) is 0 Å². The maximum Gasteiger partial charge on any atom is 0.232 e. The summed E-state index contributed by atoms with van der Waals surface area (Å²) in [6, 6.07) is 17.9. The molecule has 3 N–H and O–H groups in total. The van der Waals surface area contributed by atoms with Gasteiger partial charge in [-0.2, -0.15) is 0 Å². The molecule has 5 heterocycles. The molecule has 2 bridgehead atoms. The van der Waals surface area contributed by atoms with Crippen LogP contribution < -0.4 is 5.73 Å². The van der Waals surface area contributed by atoms with Gasteiger partial charge >= 0.3 is 0 Å². The zero-order valence-corrected chi connectivity index (χ0v) is 28.7. The highest BCUT2D eigenvalue weighted by Crippen LogP contribution is 2.41. The molecule has 246 valence electrons. The Morgan fingerprint density at radius 2 is 1.72 bits per heavy atom. The summed E-state index contributed by atoms with van der Waals surface area (Å²) in [6.45, 7) is 14.1. The molecule has 3 aliphatic heterocycles. The number of nitrogens with zero attached hydrogens (tertiary/aromatic N) is 4. The minimum Gasteiger partial charge on any atom is -0.370 e. The van der Waals surface area contributed by atoms with Gasteiger partial charge in [-0.3, -0.25) is 14.8 Å². The Hall–Kier alpha value is -4.13. The van der Waals surface area contributed by atoms with Gasteiger partial charge in [-0.1, -0.05) is 30.2 Å². The maximum absolute atomic E-state index is 14.2. The van der Waals surface area contributed by atoms with E-state index in [2.05, 4.69) is 103 Å². The number of amides is 1. The Morgan fingerprint density at radius 3 is 2.40 bits per heavy atom. The molecule has 7 nitrogen and oxygen atoms in total. The van der Waals surface area contributed by atoms with Crippen LogP contribution in [0.15, 0.2) is 65.9 Å². The van der Waals surface area contributed by atoms with Crippen molar-refractivity contribution < 1.29 is 4.79 Å². The standard InChI is InChI=1S/C40H50N6O/c1-25-18-26(2)20-31(19-25)37-36(27(3)22-43-39(41)45-17-14-30(24-45)29-12-15-42-16-13-29)34-21-32(8-11-35(34)44-37)40(4,5)38(47)46-23-28-6-9-33(46)10-7-28/h8,11-13,15-16,18-21,27-28,30,33,44H,6-7,9-10,14,17,22-24H2,1-5H3,(H2,41,43)/t27-,28?,30?,33?/m1/s1. The number of piperidine rings is 2. The number of guanidine groups is 1. The van der Waals surface area contributed by atoms with E-state index in [1.165, 1.54) is 40.7 Å². The van der Waals surface area contributed by atoms with Crippen molar-refractivity contribution in [2.75, 3.05) is 26.2 Å². The molecule has 4 aromatic rings. The summed E-state index contributed by atoms with van der Waals surface area (Å²) in [6.07, 6.45) is 9.62.